The number of benzene rings is 2. The van der Waals surface area contributed by atoms with Gasteiger partial charge < -0.3 is 21.1 Å². The molecular formula is C20H23ClN4O4. The van der Waals surface area contributed by atoms with Crippen molar-refractivity contribution < 1.29 is 19.1 Å². The summed E-state index contributed by atoms with van der Waals surface area (Å²) in [6, 6.07) is 13.7. The third-order valence-corrected chi connectivity index (χ3v) is 4.25. The monoisotopic (exact) mass is 418 g/mol. The standard InChI is InChI=1S/C20H22N4O4.ClH/c1-13-20(27)24(16-8-4-5-9-17(16)28-13)12-18(25)23-15-7-3-2-6-14(15)19(26)22-11-10-21;/h2-9,13H,10-12,21H2,1H3,(H,22,26)(H,23,25);1H. The summed E-state index contributed by atoms with van der Waals surface area (Å²) in [5, 5.41) is 5.39. The van der Waals surface area contributed by atoms with Gasteiger partial charge in [-0.25, -0.2) is 0 Å². The van der Waals surface area contributed by atoms with Gasteiger partial charge >= 0.3 is 0 Å². The second-order valence-corrected chi connectivity index (χ2v) is 6.29. The Bertz CT molecular complexity index is 906. The molecule has 8 nitrogen and oxygen atoms in total. The Labute approximate surface area is 174 Å². The van der Waals surface area contributed by atoms with Gasteiger partial charge in [0, 0.05) is 13.1 Å². The zero-order chi connectivity index (χ0) is 20.1. The maximum atomic E-state index is 12.6. The zero-order valence-electron chi connectivity index (χ0n) is 15.9. The number of nitrogens with two attached hydrogens (primary N) is 1. The Kier molecular flexibility index (Phi) is 7.58. The van der Waals surface area contributed by atoms with Gasteiger partial charge in [-0.05, 0) is 31.2 Å². The van der Waals surface area contributed by atoms with Crippen molar-refractivity contribution in [3.63, 3.8) is 0 Å². The molecule has 0 bridgehead atoms. The van der Waals surface area contributed by atoms with E-state index >= 15 is 0 Å². The van der Waals surface area contributed by atoms with E-state index in [1.807, 2.05) is 0 Å². The number of para-hydroxylation sites is 3. The first-order valence-corrected chi connectivity index (χ1v) is 8.95. The van der Waals surface area contributed by atoms with E-state index in [9.17, 15) is 14.4 Å². The normalized spacial score (nSPS) is 14.9. The fourth-order valence-corrected chi connectivity index (χ4v) is 2.93. The highest BCUT2D eigenvalue weighted by atomic mass is 35.5. The Morgan fingerprint density at radius 1 is 1.14 bits per heavy atom. The summed E-state index contributed by atoms with van der Waals surface area (Å²) in [5.41, 5.74) is 6.64. The minimum absolute atomic E-state index is 0. The van der Waals surface area contributed by atoms with Gasteiger partial charge in [-0.3, -0.25) is 19.3 Å². The van der Waals surface area contributed by atoms with E-state index in [2.05, 4.69) is 10.6 Å². The number of amides is 3. The number of nitrogens with zero attached hydrogens (tertiary/aromatic N) is 1. The largest absolute Gasteiger partial charge is 0.479 e. The molecule has 1 aliphatic heterocycles. The molecule has 1 atom stereocenters. The van der Waals surface area contributed by atoms with E-state index in [1.54, 1.807) is 55.5 Å². The number of ether oxygens (including phenoxy) is 1. The summed E-state index contributed by atoms with van der Waals surface area (Å²) in [7, 11) is 0. The average molecular weight is 419 g/mol. The third-order valence-electron chi connectivity index (χ3n) is 4.25. The van der Waals surface area contributed by atoms with Crippen molar-refractivity contribution in [3.05, 3.63) is 54.1 Å². The summed E-state index contributed by atoms with van der Waals surface area (Å²) in [5.74, 6) is -0.508. The molecule has 1 aliphatic rings. The van der Waals surface area contributed by atoms with Crippen LogP contribution in [0.15, 0.2) is 48.5 Å². The van der Waals surface area contributed by atoms with E-state index in [1.165, 1.54) is 4.90 Å². The molecule has 9 heteroatoms. The van der Waals surface area contributed by atoms with Crippen molar-refractivity contribution in [1.82, 2.24) is 5.32 Å². The molecule has 3 rings (SSSR count). The summed E-state index contributed by atoms with van der Waals surface area (Å²) in [4.78, 5) is 38.8. The summed E-state index contributed by atoms with van der Waals surface area (Å²) in [6.45, 7) is 2.09. The fourth-order valence-electron chi connectivity index (χ4n) is 2.93. The Morgan fingerprint density at radius 2 is 1.83 bits per heavy atom. The predicted octanol–water partition coefficient (Wildman–Crippen LogP) is 1.55. The van der Waals surface area contributed by atoms with Crippen LogP contribution in [0.4, 0.5) is 11.4 Å². The first-order chi connectivity index (χ1) is 13.5. The van der Waals surface area contributed by atoms with Crippen molar-refractivity contribution >= 4 is 41.5 Å². The van der Waals surface area contributed by atoms with Crippen LogP contribution in [0.5, 0.6) is 5.75 Å². The second kappa shape index (κ2) is 9.90. The molecule has 0 spiro atoms. The minimum atomic E-state index is -0.683. The van der Waals surface area contributed by atoms with Gasteiger partial charge in [0.1, 0.15) is 12.3 Å². The number of hydrogen-bond acceptors (Lipinski definition) is 5. The fraction of sp³-hybridized carbons (Fsp3) is 0.250. The van der Waals surface area contributed by atoms with Crippen LogP contribution in [0.3, 0.4) is 0 Å². The van der Waals surface area contributed by atoms with Crippen molar-refractivity contribution in [2.24, 2.45) is 5.73 Å². The van der Waals surface area contributed by atoms with E-state index < -0.39 is 12.0 Å². The van der Waals surface area contributed by atoms with E-state index in [0.717, 1.165) is 0 Å². The van der Waals surface area contributed by atoms with Gasteiger partial charge in [-0.15, -0.1) is 12.4 Å². The number of carbonyl (C=O) groups is 3. The molecule has 2 aromatic carbocycles. The average Bonchev–Trinajstić information content (AvgIpc) is 2.70. The molecule has 1 heterocycles. The lowest BCUT2D eigenvalue weighted by atomic mass is 10.1. The molecule has 0 aromatic heterocycles. The highest BCUT2D eigenvalue weighted by Gasteiger charge is 2.32. The number of nitrogens with one attached hydrogen (secondary N) is 2. The minimum Gasteiger partial charge on any atom is -0.479 e. The smallest absolute Gasteiger partial charge is 0.268 e. The van der Waals surface area contributed by atoms with Gasteiger partial charge in [0.05, 0.1) is 16.9 Å². The van der Waals surface area contributed by atoms with Gasteiger partial charge in [0.25, 0.3) is 11.8 Å². The number of hydrogen-bond donors (Lipinski definition) is 3. The first kappa shape index (κ1) is 22.2. The number of carbonyl (C=O) groups excluding carboxylic acids is 3. The van der Waals surface area contributed by atoms with Crippen LogP contribution in [-0.4, -0.2) is 43.5 Å². The van der Waals surface area contributed by atoms with Gasteiger partial charge in [-0.1, -0.05) is 24.3 Å². The Morgan fingerprint density at radius 3 is 2.59 bits per heavy atom. The number of halogens is 1. The first-order valence-electron chi connectivity index (χ1n) is 8.95. The Hall–Kier alpha value is -3.10. The van der Waals surface area contributed by atoms with E-state index in [4.69, 9.17) is 10.5 Å². The lowest BCUT2D eigenvalue weighted by Crippen LogP contribution is -2.47. The van der Waals surface area contributed by atoms with E-state index in [-0.39, 0.29) is 30.8 Å². The second-order valence-electron chi connectivity index (χ2n) is 6.29. The number of rotatable bonds is 6. The molecule has 0 saturated heterocycles. The zero-order valence-corrected chi connectivity index (χ0v) is 16.7. The topological polar surface area (TPSA) is 114 Å². The molecule has 2 aromatic rings. The van der Waals surface area contributed by atoms with Crippen LogP contribution in [0.2, 0.25) is 0 Å². The molecule has 4 N–H and O–H groups in total. The molecule has 0 aliphatic carbocycles. The third kappa shape index (κ3) is 5.04. The lowest BCUT2D eigenvalue weighted by molar-refractivity contribution is -0.127. The number of anilines is 2. The lowest BCUT2D eigenvalue weighted by Gasteiger charge is -2.32. The van der Waals surface area contributed by atoms with Crippen molar-refractivity contribution in [1.29, 1.82) is 0 Å². The molecule has 0 radical (unpaired) electrons. The van der Waals surface area contributed by atoms with Gasteiger partial charge in [-0.2, -0.15) is 0 Å². The maximum absolute atomic E-state index is 12.6. The van der Waals surface area contributed by atoms with Gasteiger partial charge in [0.2, 0.25) is 5.91 Å². The van der Waals surface area contributed by atoms with Gasteiger partial charge in [0.15, 0.2) is 6.10 Å². The predicted molar refractivity (Wildman–Crippen MR) is 113 cm³/mol. The van der Waals surface area contributed by atoms with Crippen LogP contribution in [0, 0.1) is 0 Å². The molecule has 3 amide bonds. The van der Waals surface area contributed by atoms with Crippen LogP contribution in [0.25, 0.3) is 0 Å². The maximum Gasteiger partial charge on any atom is 0.268 e. The molecule has 154 valence electrons. The molecule has 29 heavy (non-hydrogen) atoms. The van der Waals surface area contributed by atoms with Crippen LogP contribution >= 0.6 is 12.4 Å². The van der Waals surface area contributed by atoms with Crippen LogP contribution in [-0.2, 0) is 9.59 Å². The summed E-state index contributed by atoms with van der Waals surface area (Å²) in [6.07, 6.45) is -0.683. The number of fused-ring (bicyclic) bond motifs is 1. The molecule has 0 fully saturated rings. The summed E-state index contributed by atoms with van der Waals surface area (Å²) >= 11 is 0. The quantitative estimate of drug-likeness (QED) is 0.658. The van der Waals surface area contributed by atoms with Crippen molar-refractivity contribution in [2.75, 3.05) is 29.9 Å². The highest BCUT2D eigenvalue weighted by Crippen LogP contribution is 2.33. The highest BCUT2D eigenvalue weighted by molar-refractivity contribution is 6.08. The van der Waals surface area contributed by atoms with Crippen molar-refractivity contribution in [3.8, 4) is 5.75 Å². The molecular weight excluding hydrogens is 396 g/mol. The van der Waals surface area contributed by atoms with E-state index in [0.29, 0.717) is 35.8 Å². The molecule has 0 saturated carbocycles. The summed E-state index contributed by atoms with van der Waals surface area (Å²) < 4.78 is 5.58. The van der Waals surface area contributed by atoms with Crippen molar-refractivity contribution in [2.45, 2.75) is 13.0 Å². The SMILES string of the molecule is CC1Oc2ccccc2N(CC(=O)Nc2ccccc2C(=O)NCCN)C1=O.Cl. The van der Waals surface area contributed by atoms with Crippen LogP contribution in [0.1, 0.15) is 17.3 Å². The molecule has 1 unspecified atom stereocenters. The Balaban J connectivity index is 0.00000300. The van der Waals surface area contributed by atoms with Crippen LogP contribution < -0.4 is 26.0 Å².